The molecule has 132 valence electrons. The fraction of sp³-hybridized carbons (Fsp3) is 0.500. The number of amides is 1. The molecule has 6 nitrogen and oxygen atoms in total. The van der Waals surface area contributed by atoms with Crippen molar-refractivity contribution in [3.63, 3.8) is 0 Å². The second-order valence-electron chi connectivity index (χ2n) is 6.96. The molecular formula is C18H23N5OS. The van der Waals surface area contributed by atoms with Gasteiger partial charge in [0.1, 0.15) is 6.33 Å². The number of piperidine rings is 1. The highest BCUT2D eigenvalue weighted by Gasteiger charge is 2.36. The SMILES string of the molecule is CN(C(=O)c1ccc(CSc2ncn[nH]2)cc1)C1CC2CCC(C1)N2. The van der Waals surface area contributed by atoms with Gasteiger partial charge in [-0.15, -0.1) is 0 Å². The molecule has 1 aromatic heterocycles. The van der Waals surface area contributed by atoms with Crippen LogP contribution in [0.15, 0.2) is 35.7 Å². The topological polar surface area (TPSA) is 73.9 Å². The molecule has 0 spiro atoms. The second-order valence-corrected chi connectivity index (χ2v) is 7.92. The predicted octanol–water partition coefficient (Wildman–Crippen LogP) is 2.45. The third-order valence-electron chi connectivity index (χ3n) is 5.29. The molecule has 2 aliphatic rings. The van der Waals surface area contributed by atoms with Crippen molar-refractivity contribution in [1.82, 2.24) is 25.4 Å². The number of nitrogens with zero attached hydrogens (tertiary/aromatic N) is 3. The van der Waals surface area contributed by atoms with Crippen molar-refractivity contribution >= 4 is 17.7 Å². The van der Waals surface area contributed by atoms with Crippen LogP contribution in [-0.4, -0.2) is 51.2 Å². The molecule has 3 heterocycles. The number of hydrogen-bond acceptors (Lipinski definition) is 5. The third kappa shape index (κ3) is 3.72. The number of fused-ring (bicyclic) bond motifs is 2. The van der Waals surface area contributed by atoms with Crippen molar-refractivity contribution in [1.29, 1.82) is 0 Å². The van der Waals surface area contributed by atoms with Gasteiger partial charge in [0.15, 0.2) is 5.16 Å². The molecule has 1 amide bonds. The van der Waals surface area contributed by atoms with Gasteiger partial charge in [-0.25, -0.2) is 4.98 Å². The fourth-order valence-electron chi connectivity index (χ4n) is 3.87. The molecular weight excluding hydrogens is 334 g/mol. The van der Waals surface area contributed by atoms with Crippen LogP contribution in [0.4, 0.5) is 0 Å². The van der Waals surface area contributed by atoms with Crippen LogP contribution in [0.2, 0.25) is 0 Å². The van der Waals surface area contributed by atoms with Crippen LogP contribution >= 0.6 is 11.8 Å². The van der Waals surface area contributed by atoms with Gasteiger partial charge >= 0.3 is 0 Å². The first-order chi connectivity index (χ1) is 12.2. The maximum absolute atomic E-state index is 12.8. The van der Waals surface area contributed by atoms with Crippen LogP contribution in [-0.2, 0) is 5.75 Å². The number of thioether (sulfide) groups is 1. The molecule has 4 rings (SSSR count). The Morgan fingerprint density at radius 2 is 1.96 bits per heavy atom. The highest BCUT2D eigenvalue weighted by molar-refractivity contribution is 7.98. The molecule has 7 heteroatoms. The zero-order valence-electron chi connectivity index (χ0n) is 14.3. The molecule has 2 saturated heterocycles. The number of carbonyl (C=O) groups excluding carboxylic acids is 1. The molecule has 2 bridgehead atoms. The lowest BCUT2D eigenvalue weighted by Crippen LogP contribution is -2.48. The smallest absolute Gasteiger partial charge is 0.253 e. The average Bonchev–Trinajstić information content (AvgIpc) is 3.28. The second kappa shape index (κ2) is 7.17. The van der Waals surface area contributed by atoms with E-state index in [2.05, 4.69) is 20.5 Å². The lowest BCUT2D eigenvalue weighted by atomic mass is 9.98. The summed E-state index contributed by atoms with van der Waals surface area (Å²) in [6, 6.07) is 9.46. The zero-order valence-corrected chi connectivity index (χ0v) is 15.1. The van der Waals surface area contributed by atoms with E-state index >= 15 is 0 Å². The minimum atomic E-state index is 0.126. The molecule has 2 aliphatic heterocycles. The van der Waals surface area contributed by atoms with Gasteiger partial charge in [-0.2, -0.15) is 5.10 Å². The lowest BCUT2D eigenvalue weighted by molar-refractivity contribution is 0.0681. The summed E-state index contributed by atoms with van der Waals surface area (Å²) in [5.41, 5.74) is 1.93. The van der Waals surface area contributed by atoms with Crippen molar-refractivity contribution < 1.29 is 4.79 Å². The maximum Gasteiger partial charge on any atom is 0.253 e. The Hall–Kier alpha value is -1.86. The molecule has 2 aromatic rings. The van der Waals surface area contributed by atoms with Crippen molar-refractivity contribution in [3.05, 3.63) is 41.7 Å². The summed E-state index contributed by atoms with van der Waals surface area (Å²) in [5, 5.41) is 11.1. The lowest BCUT2D eigenvalue weighted by Gasteiger charge is -2.35. The van der Waals surface area contributed by atoms with Crippen LogP contribution in [0.3, 0.4) is 0 Å². The van der Waals surface area contributed by atoms with E-state index in [1.807, 2.05) is 36.2 Å². The van der Waals surface area contributed by atoms with Crippen molar-refractivity contribution in [3.8, 4) is 0 Å². The van der Waals surface area contributed by atoms with Gasteiger partial charge in [0.25, 0.3) is 5.91 Å². The standard InChI is InChI=1S/C18H23N5OS/c1-23(16-8-14-6-7-15(9-16)21-14)17(24)13-4-2-12(3-5-13)10-25-18-19-11-20-22-18/h2-5,11,14-16,21H,6-10H2,1H3,(H,19,20,22). The van der Waals surface area contributed by atoms with E-state index in [-0.39, 0.29) is 5.91 Å². The summed E-state index contributed by atoms with van der Waals surface area (Å²) < 4.78 is 0. The largest absolute Gasteiger partial charge is 0.339 e. The van der Waals surface area contributed by atoms with Crippen LogP contribution in [0.5, 0.6) is 0 Å². The first-order valence-electron chi connectivity index (χ1n) is 8.79. The maximum atomic E-state index is 12.8. The van der Waals surface area contributed by atoms with Gasteiger partial charge in [0, 0.05) is 36.5 Å². The third-order valence-corrected chi connectivity index (χ3v) is 6.23. The Kier molecular flexibility index (Phi) is 4.76. The summed E-state index contributed by atoms with van der Waals surface area (Å²) in [6.07, 6.45) is 6.16. The Morgan fingerprint density at radius 3 is 2.60 bits per heavy atom. The van der Waals surface area contributed by atoms with Gasteiger partial charge < -0.3 is 10.2 Å². The van der Waals surface area contributed by atoms with Crippen LogP contribution in [0, 0.1) is 0 Å². The van der Waals surface area contributed by atoms with Crippen LogP contribution < -0.4 is 5.32 Å². The number of nitrogens with one attached hydrogen (secondary N) is 2. The molecule has 0 saturated carbocycles. The first kappa shape index (κ1) is 16.6. The molecule has 1 aromatic carbocycles. The molecule has 2 fully saturated rings. The average molecular weight is 357 g/mol. The van der Waals surface area contributed by atoms with Crippen LogP contribution in [0.1, 0.15) is 41.6 Å². The van der Waals surface area contributed by atoms with E-state index in [0.717, 1.165) is 29.3 Å². The number of carbonyl (C=O) groups is 1. The highest BCUT2D eigenvalue weighted by Crippen LogP contribution is 2.30. The van der Waals surface area contributed by atoms with E-state index in [1.54, 1.807) is 11.8 Å². The quantitative estimate of drug-likeness (QED) is 0.804. The van der Waals surface area contributed by atoms with E-state index in [1.165, 1.54) is 24.7 Å². The van der Waals surface area contributed by atoms with Crippen molar-refractivity contribution in [2.45, 2.75) is 54.7 Å². The normalized spacial score (nSPS) is 25.1. The Bertz CT molecular complexity index is 706. The van der Waals surface area contributed by atoms with E-state index in [9.17, 15) is 4.79 Å². The minimum absolute atomic E-state index is 0.126. The zero-order chi connectivity index (χ0) is 17.2. The number of H-pyrrole nitrogens is 1. The summed E-state index contributed by atoms with van der Waals surface area (Å²) in [4.78, 5) is 18.9. The van der Waals surface area contributed by atoms with Gasteiger partial charge in [-0.05, 0) is 43.4 Å². The molecule has 2 atom stereocenters. The van der Waals surface area contributed by atoms with Crippen molar-refractivity contribution in [2.75, 3.05) is 7.05 Å². The number of benzene rings is 1. The Balaban J connectivity index is 1.36. The van der Waals surface area contributed by atoms with Gasteiger partial charge in [0.05, 0.1) is 0 Å². The number of aromatic nitrogens is 3. The molecule has 0 radical (unpaired) electrons. The fourth-order valence-corrected chi connectivity index (χ4v) is 4.61. The van der Waals surface area contributed by atoms with E-state index in [4.69, 9.17) is 0 Å². The summed E-state index contributed by atoms with van der Waals surface area (Å²) in [7, 11) is 1.95. The Labute approximate surface area is 151 Å². The molecule has 2 unspecified atom stereocenters. The van der Waals surface area contributed by atoms with E-state index < -0.39 is 0 Å². The first-order valence-corrected chi connectivity index (χ1v) is 9.78. The van der Waals surface area contributed by atoms with Crippen molar-refractivity contribution in [2.24, 2.45) is 0 Å². The number of rotatable bonds is 5. The summed E-state index contributed by atoms with van der Waals surface area (Å²) in [5.74, 6) is 0.928. The van der Waals surface area contributed by atoms with Gasteiger partial charge in [-0.1, -0.05) is 23.9 Å². The molecule has 0 aliphatic carbocycles. The number of aromatic amines is 1. The summed E-state index contributed by atoms with van der Waals surface area (Å²) in [6.45, 7) is 0. The molecule has 2 N–H and O–H groups in total. The van der Waals surface area contributed by atoms with Crippen LogP contribution in [0.25, 0.3) is 0 Å². The Morgan fingerprint density at radius 1 is 1.24 bits per heavy atom. The summed E-state index contributed by atoms with van der Waals surface area (Å²) >= 11 is 1.60. The monoisotopic (exact) mass is 357 g/mol. The van der Waals surface area contributed by atoms with Gasteiger partial charge in [0.2, 0.25) is 0 Å². The molecule has 25 heavy (non-hydrogen) atoms. The minimum Gasteiger partial charge on any atom is -0.339 e. The van der Waals surface area contributed by atoms with E-state index in [0.29, 0.717) is 18.1 Å². The highest BCUT2D eigenvalue weighted by atomic mass is 32.2. The predicted molar refractivity (Wildman–Crippen MR) is 97.4 cm³/mol. The number of hydrogen-bond donors (Lipinski definition) is 2. The van der Waals surface area contributed by atoms with Gasteiger partial charge in [-0.3, -0.25) is 9.89 Å².